The summed E-state index contributed by atoms with van der Waals surface area (Å²) >= 11 is 0. The molecule has 8 heteroatoms. The first-order valence-electron chi connectivity index (χ1n) is 9.29. The topological polar surface area (TPSA) is 84.5 Å². The number of imidazole rings is 1. The molecular weight excluding hydrogens is 358 g/mol. The van der Waals surface area contributed by atoms with E-state index in [4.69, 9.17) is 0 Å². The van der Waals surface area contributed by atoms with E-state index in [0.29, 0.717) is 44.8 Å². The lowest BCUT2D eigenvalue weighted by Gasteiger charge is -2.35. The summed E-state index contributed by atoms with van der Waals surface area (Å²) in [4.78, 5) is 31.7. The molecule has 1 aliphatic rings. The maximum atomic E-state index is 12.6. The number of hydrogen-bond donors (Lipinski definition) is 0. The molecule has 1 amide bonds. The number of aryl methyl sites for hydroxylation is 1. The molecule has 0 unspecified atom stereocenters. The minimum absolute atomic E-state index is 0.0972. The van der Waals surface area contributed by atoms with Crippen molar-refractivity contribution in [2.24, 2.45) is 0 Å². The van der Waals surface area contributed by atoms with Crippen LogP contribution in [0.3, 0.4) is 0 Å². The third-order valence-electron chi connectivity index (χ3n) is 5.15. The molecule has 1 fully saturated rings. The monoisotopic (exact) mass is 379 g/mol. The zero-order chi connectivity index (χ0) is 19.5. The van der Waals surface area contributed by atoms with Crippen molar-refractivity contribution in [2.45, 2.75) is 13.0 Å². The number of amides is 1. The van der Waals surface area contributed by atoms with Gasteiger partial charge in [-0.05, 0) is 18.2 Å². The Morgan fingerprint density at radius 2 is 1.75 bits per heavy atom. The molecule has 1 aromatic heterocycles. The first kappa shape index (κ1) is 18.0. The van der Waals surface area contributed by atoms with Crippen LogP contribution in [-0.4, -0.2) is 51.5 Å². The van der Waals surface area contributed by atoms with Crippen LogP contribution in [0, 0.1) is 10.1 Å². The Morgan fingerprint density at radius 1 is 1.04 bits per heavy atom. The molecule has 0 radical (unpaired) electrons. The molecule has 8 nitrogen and oxygen atoms in total. The van der Waals surface area contributed by atoms with Crippen molar-refractivity contribution >= 4 is 28.3 Å². The minimum atomic E-state index is -0.359. The van der Waals surface area contributed by atoms with Gasteiger partial charge in [-0.15, -0.1) is 0 Å². The summed E-state index contributed by atoms with van der Waals surface area (Å²) in [6.45, 7) is 2.89. The van der Waals surface area contributed by atoms with Crippen molar-refractivity contribution in [1.82, 2.24) is 14.5 Å². The largest absolute Gasteiger partial charge is 0.362 e. The number of nitrogens with zero attached hydrogens (tertiary/aromatic N) is 5. The number of nitro groups is 1. The molecule has 0 saturated carbocycles. The number of anilines is 1. The number of rotatable bonds is 5. The molecule has 0 bridgehead atoms. The van der Waals surface area contributed by atoms with Crippen LogP contribution in [0.25, 0.3) is 11.0 Å². The third-order valence-corrected chi connectivity index (χ3v) is 5.15. The Hall–Kier alpha value is -3.42. The average molecular weight is 379 g/mol. The summed E-state index contributed by atoms with van der Waals surface area (Å²) in [6.07, 6.45) is 2.18. The quantitative estimate of drug-likeness (QED) is 0.503. The number of para-hydroxylation sites is 4. The average Bonchev–Trinajstić information content (AvgIpc) is 3.15. The van der Waals surface area contributed by atoms with Gasteiger partial charge in [-0.3, -0.25) is 14.9 Å². The molecule has 1 saturated heterocycles. The second kappa shape index (κ2) is 7.67. The highest BCUT2D eigenvalue weighted by Gasteiger charge is 2.25. The lowest BCUT2D eigenvalue weighted by Crippen LogP contribution is -2.49. The molecule has 0 spiro atoms. The van der Waals surface area contributed by atoms with Crippen molar-refractivity contribution in [3.05, 3.63) is 65.0 Å². The molecule has 1 aliphatic heterocycles. The fourth-order valence-electron chi connectivity index (χ4n) is 3.65. The van der Waals surface area contributed by atoms with Crippen molar-refractivity contribution in [1.29, 1.82) is 0 Å². The van der Waals surface area contributed by atoms with Gasteiger partial charge in [-0.25, -0.2) is 4.98 Å². The predicted octanol–water partition coefficient (Wildman–Crippen LogP) is 2.68. The maximum absolute atomic E-state index is 12.6. The lowest BCUT2D eigenvalue weighted by atomic mass is 10.2. The van der Waals surface area contributed by atoms with Crippen LogP contribution in [-0.2, 0) is 11.3 Å². The molecule has 0 aliphatic carbocycles. The molecule has 144 valence electrons. The zero-order valence-electron chi connectivity index (χ0n) is 15.4. The first-order valence-corrected chi connectivity index (χ1v) is 9.29. The molecule has 3 aromatic rings. The Kier molecular flexibility index (Phi) is 4.92. The van der Waals surface area contributed by atoms with E-state index in [1.807, 2.05) is 38.6 Å². The predicted molar refractivity (Wildman–Crippen MR) is 106 cm³/mol. The van der Waals surface area contributed by atoms with Gasteiger partial charge >= 0.3 is 0 Å². The fourth-order valence-corrected chi connectivity index (χ4v) is 3.65. The molecular formula is C20H21N5O3. The first-order chi connectivity index (χ1) is 13.6. The summed E-state index contributed by atoms with van der Waals surface area (Å²) in [6, 6.07) is 14.6. The van der Waals surface area contributed by atoms with Gasteiger partial charge in [0, 0.05) is 45.2 Å². The summed E-state index contributed by atoms with van der Waals surface area (Å²) in [5.41, 5.74) is 2.67. The SMILES string of the molecule is O=C(CCn1cnc2ccccc21)N1CCN(c2ccccc2[N+](=O)[O-])CC1. The van der Waals surface area contributed by atoms with Crippen LogP contribution in [0.1, 0.15) is 6.42 Å². The number of nitro benzene ring substituents is 1. The molecule has 28 heavy (non-hydrogen) atoms. The third kappa shape index (κ3) is 3.53. The molecule has 4 rings (SSSR count). The van der Waals surface area contributed by atoms with Crippen molar-refractivity contribution < 1.29 is 9.72 Å². The van der Waals surface area contributed by atoms with Crippen LogP contribution in [0.4, 0.5) is 11.4 Å². The van der Waals surface area contributed by atoms with Gasteiger partial charge in [0.2, 0.25) is 5.91 Å². The van der Waals surface area contributed by atoms with Crippen LogP contribution >= 0.6 is 0 Å². The van der Waals surface area contributed by atoms with E-state index in [-0.39, 0.29) is 16.5 Å². The van der Waals surface area contributed by atoms with Crippen LogP contribution < -0.4 is 4.90 Å². The second-order valence-corrected chi connectivity index (χ2v) is 6.79. The number of carbonyl (C=O) groups is 1. The highest BCUT2D eigenvalue weighted by molar-refractivity contribution is 5.78. The van der Waals surface area contributed by atoms with Gasteiger partial charge in [-0.1, -0.05) is 24.3 Å². The van der Waals surface area contributed by atoms with E-state index in [2.05, 4.69) is 4.98 Å². The Bertz CT molecular complexity index is 1010. The van der Waals surface area contributed by atoms with E-state index in [1.165, 1.54) is 6.07 Å². The zero-order valence-corrected chi connectivity index (χ0v) is 15.4. The number of carbonyl (C=O) groups excluding carboxylic acids is 1. The number of benzene rings is 2. The van der Waals surface area contributed by atoms with Crippen LogP contribution in [0.2, 0.25) is 0 Å². The fraction of sp³-hybridized carbons (Fsp3) is 0.300. The number of piperazine rings is 1. The minimum Gasteiger partial charge on any atom is -0.362 e. The number of hydrogen-bond acceptors (Lipinski definition) is 5. The van der Waals surface area contributed by atoms with Crippen molar-refractivity contribution in [3.63, 3.8) is 0 Å². The summed E-state index contributed by atoms with van der Waals surface area (Å²) in [5.74, 6) is 0.0972. The highest BCUT2D eigenvalue weighted by Crippen LogP contribution is 2.28. The molecule has 0 atom stereocenters. The standard InChI is InChI=1S/C20H21N5O3/c26-20(9-10-24-15-21-16-5-1-2-6-17(16)24)23-13-11-22(12-14-23)18-7-3-4-8-19(18)25(27)28/h1-8,15H,9-14H2. The Balaban J connectivity index is 1.35. The van der Waals surface area contributed by atoms with Gasteiger partial charge in [0.25, 0.3) is 5.69 Å². The molecule has 2 aromatic carbocycles. The Morgan fingerprint density at radius 3 is 2.54 bits per heavy atom. The van der Waals surface area contributed by atoms with Gasteiger partial charge in [-0.2, -0.15) is 0 Å². The number of aromatic nitrogens is 2. The maximum Gasteiger partial charge on any atom is 0.292 e. The van der Waals surface area contributed by atoms with Crippen molar-refractivity contribution in [3.8, 4) is 0 Å². The summed E-state index contributed by atoms with van der Waals surface area (Å²) in [5, 5.41) is 11.2. The van der Waals surface area contributed by atoms with Gasteiger partial charge in [0.1, 0.15) is 5.69 Å². The van der Waals surface area contributed by atoms with E-state index >= 15 is 0 Å². The Labute approximate surface area is 162 Å². The molecule has 2 heterocycles. The van der Waals surface area contributed by atoms with Crippen molar-refractivity contribution in [2.75, 3.05) is 31.1 Å². The lowest BCUT2D eigenvalue weighted by molar-refractivity contribution is -0.384. The summed E-state index contributed by atoms with van der Waals surface area (Å²) < 4.78 is 2.00. The van der Waals surface area contributed by atoms with E-state index in [9.17, 15) is 14.9 Å². The van der Waals surface area contributed by atoms with Crippen LogP contribution in [0.15, 0.2) is 54.9 Å². The smallest absolute Gasteiger partial charge is 0.292 e. The number of fused-ring (bicyclic) bond motifs is 1. The normalized spacial score (nSPS) is 14.4. The van der Waals surface area contributed by atoms with Gasteiger partial charge in [0.05, 0.1) is 22.3 Å². The van der Waals surface area contributed by atoms with E-state index in [0.717, 1.165) is 11.0 Å². The van der Waals surface area contributed by atoms with Gasteiger partial charge < -0.3 is 14.4 Å². The second-order valence-electron chi connectivity index (χ2n) is 6.79. The van der Waals surface area contributed by atoms with Gasteiger partial charge in [0.15, 0.2) is 0 Å². The highest BCUT2D eigenvalue weighted by atomic mass is 16.6. The summed E-state index contributed by atoms with van der Waals surface area (Å²) in [7, 11) is 0. The molecule has 0 N–H and O–H groups in total. The van der Waals surface area contributed by atoms with E-state index in [1.54, 1.807) is 24.5 Å². The van der Waals surface area contributed by atoms with E-state index < -0.39 is 0 Å². The van der Waals surface area contributed by atoms with Crippen LogP contribution in [0.5, 0.6) is 0 Å².